The van der Waals surface area contributed by atoms with E-state index in [0.717, 1.165) is 32.4 Å². The molecule has 0 amide bonds. The molecule has 0 bridgehead atoms. The lowest BCUT2D eigenvalue weighted by Crippen LogP contribution is -2.35. The smallest absolute Gasteiger partial charge is 0.241 e. The van der Waals surface area contributed by atoms with Crippen LogP contribution in [0.3, 0.4) is 0 Å². The Balaban J connectivity index is 1.75. The van der Waals surface area contributed by atoms with Gasteiger partial charge in [-0.15, -0.1) is 0 Å². The minimum atomic E-state index is -3.75. The van der Waals surface area contributed by atoms with E-state index in [1.807, 2.05) is 0 Å². The van der Waals surface area contributed by atoms with Crippen LogP contribution in [0.4, 0.5) is 5.95 Å². The Morgan fingerprint density at radius 3 is 2.46 bits per heavy atom. The lowest BCUT2D eigenvalue weighted by atomic mass is 9.90. The van der Waals surface area contributed by atoms with Crippen molar-refractivity contribution in [1.82, 2.24) is 9.97 Å². The van der Waals surface area contributed by atoms with Crippen molar-refractivity contribution in [2.75, 3.05) is 18.0 Å². The number of hydrogen-bond acceptors (Lipinski definition) is 5. The minimum absolute atomic E-state index is 0.0602. The van der Waals surface area contributed by atoms with Crippen LogP contribution in [0, 0.1) is 0 Å². The zero-order valence-corrected chi connectivity index (χ0v) is 14.5. The molecule has 1 aliphatic rings. The van der Waals surface area contributed by atoms with Crippen LogP contribution in [0.2, 0.25) is 0 Å². The Morgan fingerprint density at radius 2 is 1.88 bits per heavy atom. The molecule has 3 rings (SSSR count). The number of nitrogens with two attached hydrogens (primary N) is 1. The van der Waals surface area contributed by atoms with Crippen molar-refractivity contribution in [3.63, 3.8) is 0 Å². The van der Waals surface area contributed by atoms with Crippen LogP contribution in [-0.2, 0) is 16.4 Å². The second-order valence-electron chi connectivity index (χ2n) is 6.14. The number of sulfonamides is 1. The summed E-state index contributed by atoms with van der Waals surface area (Å²) in [6.07, 6.45) is 5.79. The van der Waals surface area contributed by atoms with Gasteiger partial charge in [0.25, 0.3) is 0 Å². The van der Waals surface area contributed by atoms with Crippen LogP contribution in [0.15, 0.2) is 41.6 Å². The van der Waals surface area contributed by atoms with E-state index in [0.29, 0.717) is 11.9 Å². The van der Waals surface area contributed by atoms with E-state index in [4.69, 9.17) is 5.14 Å². The Hall–Kier alpha value is -1.99. The van der Waals surface area contributed by atoms with Gasteiger partial charge in [-0.3, -0.25) is 0 Å². The van der Waals surface area contributed by atoms with Gasteiger partial charge in [0, 0.05) is 19.0 Å². The van der Waals surface area contributed by atoms with Gasteiger partial charge >= 0.3 is 0 Å². The summed E-state index contributed by atoms with van der Waals surface area (Å²) in [5, 5.41) is 5.09. The number of aromatic nitrogens is 2. The zero-order valence-electron chi connectivity index (χ0n) is 13.7. The average Bonchev–Trinajstić information content (AvgIpc) is 2.61. The summed E-state index contributed by atoms with van der Waals surface area (Å²) >= 11 is 0. The maximum atomic E-state index is 11.3. The molecule has 1 saturated heterocycles. The van der Waals surface area contributed by atoms with Crippen molar-refractivity contribution in [2.24, 2.45) is 5.14 Å². The molecule has 0 spiro atoms. The number of rotatable bonds is 4. The van der Waals surface area contributed by atoms with Crippen molar-refractivity contribution in [3.05, 3.63) is 47.8 Å². The van der Waals surface area contributed by atoms with Crippen LogP contribution >= 0.6 is 0 Å². The lowest BCUT2D eigenvalue weighted by molar-refractivity contribution is 0.503. The molecule has 1 atom stereocenters. The van der Waals surface area contributed by atoms with E-state index in [2.05, 4.69) is 46.1 Å². The predicted molar refractivity (Wildman–Crippen MR) is 93.4 cm³/mol. The average molecular weight is 346 g/mol. The standard InChI is InChI=1S/C17H22N4O2S/c1-2-13-5-7-14(8-6-13)15-4-3-9-21(12-15)17-19-10-16(11-20-17)24(18,22)23/h5-8,10-11,15H,2-4,9,12H2,1H3,(H2,18,22,23). The molecule has 1 fully saturated rings. The van der Waals surface area contributed by atoms with E-state index in [-0.39, 0.29) is 4.90 Å². The van der Waals surface area contributed by atoms with Gasteiger partial charge in [-0.05, 0) is 30.4 Å². The first-order valence-corrected chi connectivity index (χ1v) is 9.70. The third kappa shape index (κ3) is 3.73. The summed E-state index contributed by atoms with van der Waals surface area (Å²) in [6.45, 7) is 3.86. The maximum Gasteiger partial charge on any atom is 0.241 e. The largest absolute Gasteiger partial charge is 0.340 e. The number of primary sulfonamides is 1. The molecule has 0 saturated carbocycles. The first-order valence-electron chi connectivity index (χ1n) is 8.16. The Morgan fingerprint density at radius 1 is 1.21 bits per heavy atom. The van der Waals surface area contributed by atoms with Gasteiger partial charge in [0.05, 0.1) is 12.4 Å². The molecule has 128 valence electrons. The van der Waals surface area contributed by atoms with Crippen molar-refractivity contribution in [3.8, 4) is 0 Å². The normalized spacial score (nSPS) is 18.6. The molecule has 1 aromatic carbocycles. The predicted octanol–water partition coefficient (Wildman–Crippen LogP) is 2.07. The molecule has 1 aromatic heterocycles. The minimum Gasteiger partial charge on any atom is -0.340 e. The van der Waals surface area contributed by atoms with Crippen LogP contribution in [-0.4, -0.2) is 31.5 Å². The number of piperidine rings is 1. The van der Waals surface area contributed by atoms with E-state index in [1.165, 1.54) is 23.5 Å². The van der Waals surface area contributed by atoms with Gasteiger partial charge in [-0.1, -0.05) is 31.2 Å². The fourth-order valence-corrected chi connectivity index (χ4v) is 3.48. The van der Waals surface area contributed by atoms with Gasteiger partial charge in [-0.2, -0.15) is 0 Å². The van der Waals surface area contributed by atoms with Gasteiger partial charge in [-0.25, -0.2) is 23.5 Å². The Kier molecular flexibility index (Phi) is 4.82. The van der Waals surface area contributed by atoms with Crippen LogP contribution in [0.1, 0.15) is 36.8 Å². The Labute approximate surface area is 142 Å². The van der Waals surface area contributed by atoms with Gasteiger partial charge in [0.2, 0.25) is 16.0 Å². The van der Waals surface area contributed by atoms with Crippen LogP contribution < -0.4 is 10.0 Å². The third-order valence-electron chi connectivity index (χ3n) is 4.51. The summed E-state index contributed by atoms with van der Waals surface area (Å²) in [6, 6.07) is 8.78. The summed E-state index contributed by atoms with van der Waals surface area (Å²) in [7, 11) is -3.75. The van der Waals surface area contributed by atoms with Gasteiger partial charge in [0.1, 0.15) is 4.90 Å². The molecule has 0 radical (unpaired) electrons. The highest BCUT2D eigenvalue weighted by Gasteiger charge is 2.23. The zero-order chi connectivity index (χ0) is 17.2. The SMILES string of the molecule is CCc1ccc(C2CCCN(c3ncc(S(N)(=O)=O)cn3)C2)cc1. The number of anilines is 1. The number of benzene rings is 1. The van der Waals surface area contributed by atoms with Gasteiger partial charge in [0.15, 0.2) is 0 Å². The van der Waals surface area contributed by atoms with Crippen molar-refractivity contribution in [1.29, 1.82) is 0 Å². The topological polar surface area (TPSA) is 89.2 Å². The van der Waals surface area contributed by atoms with E-state index < -0.39 is 10.0 Å². The monoisotopic (exact) mass is 346 g/mol. The molecule has 2 N–H and O–H groups in total. The highest BCUT2D eigenvalue weighted by atomic mass is 32.2. The summed E-state index contributed by atoms with van der Waals surface area (Å²) in [4.78, 5) is 10.4. The van der Waals surface area contributed by atoms with E-state index >= 15 is 0 Å². The first-order chi connectivity index (χ1) is 11.5. The van der Waals surface area contributed by atoms with Crippen LogP contribution in [0.25, 0.3) is 0 Å². The van der Waals surface area contributed by atoms with E-state index in [1.54, 1.807) is 0 Å². The molecule has 1 aliphatic heterocycles. The fourth-order valence-electron chi connectivity index (χ4n) is 3.08. The number of aryl methyl sites for hydroxylation is 1. The molecule has 24 heavy (non-hydrogen) atoms. The molecule has 6 nitrogen and oxygen atoms in total. The van der Waals surface area contributed by atoms with Crippen molar-refractivity contribution >= 4 is 16.0 Å². The molecule has 2 aromatic rings. The van der Waals surface area contributed by atoms with Crippen molar-refractivity contribution in [2.45, 2.75) is 37.0 Å². The highest BCUT2D eigenvalue weighted by Crippen LogP contribution is 2.28. The maximum absolute atomic E-state index is 11.3. The van der Waals surface area contributed by atoms with Crippen LogP contribution in [0.5, 0.6) is 0 Å². The molecule has 7 heteroatoms. The first kappa shape index (κ1) is 16.9. The highest BCUT2D eigenvalue weighted by molar-refractivity contribution is 7.89. The van der Waals surface area contributed by atoms with Crippen molar-refractivity contribution < 1.29 is 8.42 Å². The second kappa shape index (κ2) is 6.86. The quantitative estimate of drug-likeness (QED) is 0.915. The Bertz CT molecular complexity index is 788. The lowest BCUT2D eigenvalue weighted by Gasteiger charge is -2.33. The molecule has 2 heterocycles. The fraction of sp³-hybridized carbons (Fsp3) is 0.412. The third-order valence-corrected chi connectivity index (χ3v) is 5.37. The van der Waals surface area contributed by atoms with E-state index in [9.17, 15) is 8.42 Å². The molecular formula is C17H22N4O2S. The number of hydrogen-bond donors (Lipinski definition) is 1. The molecule has 1 unspecified atom stereocenters. The second-order valence-corrected chi connectivity index (χ2v) is 7.71. The molecular weight excluding hydrogens is 324 g/mol. The number of nitrogens with zero attached hydrogens (tertiary/aromatic N) is 3. The summed E-state index contributed by atoms with van der Waals surface area (Å²) < 4.78 is 22.6. The summed E-state index contributed by atoms with van der Waals surface area (Å²) in [5.41, 5.74) is 2.67. The summed E-state index contributed by atoms with van der Waals surface area (Å²) in [5.74, 6) is 0.989. The van der Waals surface area contributed by atoms with Gasteiger partial charge < -0.3 is 4.90 Å². The molecule has 0 aliphatic carbocycles.